The molecule has 3 heterocycles. The largest absolute Gasteiger partial charge is 0.510 e. The first-order valence-corrected chi connectivity index (χ1v) is 14.7. The zero-order valence-electron chi connectivity index (χ0n) is 23.1. The number of nitrogens with two attached hydrogens (primary N) is 1. The van der Waals surface area contributed by atoms with E-state index in [1.54, 1.807) is 13.8 Å². The average molecular weight is 613 g/mol. The first kappa shape index (κ1) is 31.6. The summed E-state index contributed by atoms with van der Waals surface area (Å²) in [6, 6.07) is 3.64. The number of carbonyl (C=O) groups excluding carboxylic acids is 2. The molecule has 42 heavy (non-hydrogen) atoms. The van der Waals surface area contributed by atoms with Gasteiger partial charge in [0.25, 0.3) is 0 Å². The van der Waals surface area contributed by atoms with Crippen LogP contribution in [0.15, 0.2) is 18.5 Å². The van der Waals surface area contributed by atoms with Gasteiger partial charge in [-0.2, -0.15) is 10.4 Å². The van der Waals surface area contributed by atoms with Gasteiger partial charge < -0.3 is 34.9 Å². The Morgan fingerprint density at radius 2 is 2.05 bits per heavy atom. The molecule has 2 aromatic heterocycles. The molecular formula is C24H33N6O11P. The van der Waals surface area contributed by atoms with Crippen molar-refractivity contribution in [3.05, 3.63) is 24.2 Å². The number of nitrogens with one attached hydrogen (secondary N) is 1. The molecule has 1 aliphatic carbocycles. The first-order chi connectivity index (χ1) is 19.9. The number of hydrogen-bond acceptors (Lipinski definition) is 15. The van der Waals surface area contributed by atoms with Gasteiger partial charge in [0.05, 0.1) is 18.4 Å². The summed E-state index contributed by atoms with van der Waals surface area (Å²) in [5.41, 5.74) is 4.10. The van der Waals surface area contributed by atoms with Crippen LogP contribution in [-0.2, 0) is 43.0 Å². The lowest BCUT2D eigenvalue weighted by Crippen LogP contribution is -2.41. The summed E-state index contributed by atoms with van der Waals surface area (Å²) in [5, 5.41) is 38.3. The van der Waals surface area contributed by atoms with E-state index in [-0.39, 0.29) is 17.6 Å². The SMILES string of the molecule is CC(C)OC(=O)OCO[P@@](=O)(N[C@@H](C)C(=O)OC1CCC1)OC[C@H]1O[C@@](C#N)(c2ccc3c(N)ncnn23)[C@H](O)[C@@H]1O. The molecule has 0 bridgehead atoms. The third kappa shape index (κ3) is 6.65. The Bertz CT molecular complexity index is 1380. The predicted octanol–water partition coefficient (Wildman–Crippen LogP) is 0.885. The van der Waals surface area contributed by atoms with Crippen LogP contribution in [0, 0.1) is 11.3 Å². The summed E-state index contributed by atoms with van der Waals surface area (Å²) >= 11 is 0. The maximum absolute atomic E-state index is 13.6. The van der Waals surface area contributed by atoms with Gasteiger partial charge in [0.1, 0.15) is 48.4 Å². The van der Waals surface area contributed by atoms with Gasteiger partial charge in [-0.25, -0.2) is 23.9 Å². The van der Waals surface area contributed by atoms with Crippen molar-refractivity contribution in [3.63, 3.8) is 0 Å². The van der Waals surface area contributed by atoms with Gasteiger partial charge in [-0.3, -0.25) is 13.8 Å². The summed E-state index contributed by atoms with van der Waals surface area (Å²) < 4.78 is 46.2. The van der Waals surface area contributed by atoms with Gasteiger partial charge in [0, 0.05) is 0 Å². The average Bonchev–Trinajstić information content (AvgIpc) is 3.45. The Balaban J connectivity index is 1.49. The normalized spacial score (nSPS) is 26.3. The minimum Gasteiger partial charge on any atom is -0.461 e. The third-order valence-electron chi connectivity index (χ3n) is 6.67. The molecule has 18 heteroatoms. The number of aliphatic hydroxyl groups is 2. The highest BCUT2D eigenvalue weighted by Crippen LogP contribution is 2.47. The van der Waals surface area contributed by atoms with Crippen LogP contribution in [0.25, 0.3) is 5.52 Å². The van der Waals surface area contributed by atoms with E-state index in [2.05, 4.69) is 15.2 Å². The Morgan fingerprint density at radius 1 is 1.31 bits per heavy atom. The van der Waals surface area contributed by atoms with E-state index in [9.17, 15) is 29.6 Å². The first-order valence-electron chi connectivity index (χ1n) is 13.1. The number of aliphatic hydroxyl groups excluding tert-OH is 2. The second-order valence-corrected chi connectivity index (χ2v) is 11.8. The van der Waals surface area contributed by atoms with Crippen LogP contribution in [-0.4, -0.2) is 86.9 Å². The standard InChI is InChI=1S/C24H33N6O11P/c1-13(2)39-23(34)36-12-38-42(35,29-14(3)22(33)40-15-5-4-6-15)37-9-17-19(31)20(32)24(10-25,41-17)18-8-7-16-21(26)27-11-28-30(16)18/h7-8,11,13-15,17,19-20,31-32H,4-6,9,12H2,1-3H3,(H,29,35)(H2,26,27,28)/t14-,17+,19+,20+,24-,42+/m0/s1. The lowest BCUT2D eigenvalue weighted by atomic mass is 9.92. The van der Waals surface area contributed by atoms with Crippen molar-refractivity contribution in [2.75, 3.05) is 19.1 Å². The van der Waals surface area contributed by atoms with Crippen molar-refractivity contribution in [2.45, 2.75) is 82.2 Å². The summed E-state index contributed by atoms with van der Waals surface area (Å²) in [6.07, 6.45) is -3.28. The van der Waals surface area contributed by atoms with Crippen LogP contribution < -0.4 is 10.8 Å². The van der Waals surface area contributed by atoms with Crippen molar-refractivity contribution >= 4 is 31.2 Å². The Morgan fingerprint density at radius 3 is 2.69 bits per heavy atom. The van der Waals surface area contributed by atoms with E-state index < -0.39 is 69.3 Å². The monoisotopic (exact) mass is 612 g/mol. The molecule has 0 spiro atoms. The molecule has 2 fully saturated rings. The molecule has 1 saturated heterocycles. The summed E-state index contributed by atoms with van der Waals surface area (Å²) in [7, 11) is -4.49. The van der Waals surface area contributed by atoms with Crippen molar-refractivity contribution in [1.82, 2.24) is 19.7 Å². The smallest absolute Gasteiger partial charge is 0.461 e. The summed E-state index contributed by atoms with van der Waals surface area (Å²) in [5.74, 6) is -0.615. The van der Waals surface area contributed by atoms with Crippen LogP contribution in [0.4, 0.5) is 10.6 Å². The fourth-order valence-corrected chi connectivity index (χ4v) is 5.59. The number of esters is 1. The number of nitrogens with zero attached hydrogens (tertiary/aromatic N) is 4. The molecule has 2 aromatic rings. The number of carbonyl (C=O) groups is 2. The molecular weight excluding hydrogens is 579 g/mol. The molecule has 0 unspecified atom stereocenters. The molecule has 0 aromatic carbocycles. The van der Waals surface area contributed by atoms with Gasteiger partial charge in [0.15, 0.2) is 5.82 Å². The second-order valence-electron chi connectivity index (χ2n) is 10.0. The third-order valence-corrected chi connectivity index (χ3v) is 8.30. The number of rotatable bonds is 12. The fraction of sp³-hybridized carbons (Fsp3) is 0.625. The zero-order chi connectivity index (χ0) is 30.7. The van der Waals surface area contributed by atoms with E-state index in [4.69, 9.17) is 33.7 Å². The molecule has 0 radical (unpaired) electrons. The molecule has 2 aliphatic rings. The van der Waals surface area contributed by atoms with E-state index in [0.717, 1.165) is 12.7 Å². The molecule has 0 amide bonds. The van der Waals surface area contributed by atoms with Crippen LogP contribution in [0.2, 0.25) is 0 Å². The number of nitrogen functional groups attached to an aromatic ring is 1. The highest BCUT2D eigenvalue weighted by Gasteiger charge is 2.58. The van der Waals surface area contributed by atoms with Crippen LogP contribution in [0.5, 0.6) is 0 Å². The van der Waals surface area contributed by atoms with Crippen LogP contribution >= 0.6 is 7.75 Å². The van der Waals surface area contributed by atoms with Gasteiger partial charge in [-0.15, -0.1) is 0 Å². The van der Waals surface area contributed by atoms with E-state index in [1.165, 1.54) is 23.6 Å². The maximum atomic E-state index is 13.6. The number of aromatic nitrogens is 3. The van der Waals surface area contributed by atoms with Gasteiger partial charge >= 0.3 is 19.9 Å². The van der Waals surface area contributed by atoms with E-state index >= 15 is 0 Å². The Labute approximate surface area is 240 Å². The molecule has 1 saturated carbocycles. The number of ether oxygens (including phenoxy) is 4. The highest BCUT2D eigenvalue weighted by molar-refractivity contribution is 7.51. The predicted molar refractivity (Wildman–Crippen MR) is 140 cm³/mol. The molecule has 4 rings (SSSR count). The Hall–Kier alpha value is -3.36. The van der Waals surface area contributed by atoms with Gasteiger partial charge in [0.2, 0.25) is 12.4 Å². The molecule has 230 valence electrons. The van der Waals surface area contributed by atoms with Gasteiger partial charge in [-0.05, 0) is 52.2 Å². The lowest BCUT2D eigenvalue weighted by Gasteiger charge is -2.28. The topological polar surface area (TPSA) is 239 Å². The van der Waals surface area contributed by atoms with E-state index in [0.29, 0.717) is 18.4 Å². The number of hydrogen-bond donors (Lipinski definition) is 4. The number of nitriles is 1. The van der Waals surface area contributed by atoms with Crippen molar-refractivity contribution in [3.8, 4) is 6.07 Å². The summed E-state index contributed by atoms with van der Waals surface area (Å²) in [4.78, 5) is 28.1. The number of anilines is 1. The summed E-state index contributed by atoms with van der Waals surface area (Å²) in [6.45, 7) is 2.96. The molecule has 5 N–H and O–H groups in total. The Kier molecular flexibility index (Phi) is 9.68. The number of fused-ring (bicyclic) bond motifs is 1. The van der Waals surface area contributed by atoms with Crippen LogP contribution in [0.1, 0.15) is 45.7 Å². The van der Waals surface area contributed by atoms with Crippen LogP contribution in [0.3, 0.4) is 0 Å². The minimum absolute atomic E-state index is 0.0464. The van der Waals surface area contributed by atoms with Gasteiger partial charge in [-0.1, -0.05) is 0 Å². The van der Waals surface area contributed by atoms with Crippen molar-refractivity contribution in [2.24, 2.45) is 0 Å². The molecule has 17 nitrogen and oxygen atoms in total. The molecule has 1 aliphatic heterocycles. The maximum Gasteiger partial charge on any atom is 0.510 e. The fourth-order valence-electron chi connectivity index (χ4n) is 4.25. The lowest BCUT2D eigenvalue weighted by molar-refractivity contribution is -0.154. The minimum atomic E-state index is -4.49. The van der Waals surface area contributed by atoms with E-state index in [1.807, 2.05) is 6.07 Å². The zero-order valence-corrected chi connectivity index (χ0v) is 24.0. The van der Waals surface area contributed by atoms with Crippen molar-refractivity contribution in [1.29, 1.82) is 5.26 Å². The highest BCUT2D eigenvalue weighted by atomic mass is 31.2. The van der Waals surface area contributed by atoms with Crippen molar-refractivity contribution < 1.29 is 52.4 Å². The second kappa shape index (κ2) is 12.9. The molecule has 6 atom stereocenters. The quantitative estimate of drug-likeness (QED) is 0.148.